The molecule has 0 rings (SSSR count). The van der Waals surface area contributed by atoms with E-state index in [2.05, 4.69) is 6.92 Å². The fraction of sp³-hybridized carbons (Fsp3) is 0.800. The van der Waals surface area contributed by atoms with Crippen molar-refractivity contribution in [1.82, 2.24) is 4.90 Å². The summed E-state index contributed by atoms with van der Waals surface area (Å²) < 4.78 is 0. The maximum absolute atomic E-state index is 11.3. The van der Waals surface area contributed by atoms with E-state index in [1.54, 1.807) is 0 Å². The molecule has 0 aromatic carbocycles. The molecule has 3 heteroatoms. The van der Waals surface area contributed by atoms with Crippen LogP contribution in [0.5, 0.6) is 0 Å². The van der Waals surface area contributed by atoms with Gasteiger partial charge in [-0.1, -0.05) is 26.2 Å². The third-order valence-corrected chi connectivity index (χ3v) is 2.09. The summed E-state index contributed by atoms with van der Waals surface area (Å²) in [6.07, 6.45) is 4.79. The van der Waals surface area contributed by atoms with Gasteiger partial charge < -0.3 is 0 Å². The lowest BCUT2D eigenvalue weighted by molar-refractivity contribution is -0.141. The molecule has 0 saturated carbocycles. The molecule has 0 bridgehead atoms. The van der Waals surface area contributed by atoms with Crippen molar-refractivity contribution in [1.29, 1.82) is 0 Å². The maximum atomic E-state index is 11.3. The van der Waals surface area contributed by atoms with E-state index in [4.69, 9.17) is 0 Å². The van der Waals surface area contributed by atoms with Crippen molar-refractivity contribution < 1.29 is 9.59 Å². The summed E-state index contributed by atoms with van der Waals surface area (Å²) in [5.74, 6) is -0.246. The van der Waals surface area contributed by atoms with Crippen LogP contribution in [0.3, 0.4) is 0 Å². The van der Waals surface area contributed by atoms with E-state index in [-0.39, 0.29) is 11.8 Å². The molecule has 0 N–H and O–H groups in total. The Balaban J connectivity index is 3.56. The summed E-state index contributed by atoms with van der Waals surface area (Å²) in [7, 11) is 1.53. The molecule has 0 saturated heterocycles. The molecule has 0 unspecified atom stereocenters. The van der Waals surface area contributed by atoms with Crippen molar-refractivity contribution in [2.24, 2.45) is 0 Å². The second kappa shape index (κ2) is 6.63. The predicted molar refractivity (Wildman–Crippen MR) is 52.2 cm³/mol. The third kappa shape index (κ3) is 5.39. The summed E-state index contributed by atoms with van der Waals surface area (Å²) in [4.78, 5) is 23.2. The van der Waals surface area contributed by atoms with Crippen LogP contribution in [0.15, 0.2) is 0 Å². The van der Waals surface area contributed by atoms with Crippen LogP contribution in [-0.2, 0) is 9.59 Å². The van der Waals surface area contributed by atoms with Crippen LogP contribution >= 0.6 is 0 Å². The number of rotatable bonds is 5. The Morgan fingerprint density at radius 1 is 1.15 bits per heavy atom. The standard InChI is InChI=1S/C10H19NO2/c1-4-5-6-7-8-10(13)11(3)9(2)12/h4-8H2,1-3H3. The van der Waals surface area contributed by atoms with E-state index < -0.39 is 0 Å². The van der Waals surface area contributed by atoms with Gasteiger partial charge in [0.15, 0.2) is 0 Å². The van der Waals surface area contributed by atoms with Crippen molar-refractivity contribution in [3.63, 3.8) is 0 Å². The zero-order valence-corrected chi connectivity index (χ0v) is 8.80. The summed E-state index contributed by atoms with van der Waals surface area (Å²) in [5, 5.41) is 0. The number of hydrogen-bond acceptors (Lipinski definition) is 2. The fourth-order valence-electron chi connectivity index (χ4n) is 1.05. The molecular formula is C10H19NO2. The van der Waals surface area contributed by atoms with Crippen molar-refractivity contribution in [2.75, 3.05) is 7.05 Å². The van der Waals surface area contributed by atoms with E-state index in [1.165, 1.54) is 18.9 Å². The topological polar surface area (TPSA) is 37.4 Å². The zero-order valence-electron chi connectivity index (χ0n) is 8.80. The minimum absolute atomic E-state index is 0.0661. The first-order valence-corrected chi connectivity index (χ1v) is 4.86. The van der Waals surface area contributed by atoms with Gasteiger partial charge in [0.1, 0.15) is 0 Å². The Morgan fingerprint density at radius 3 is 2.23 bits per heavy atom. The molecule has 0 fully saturated rings. The largest absolute Gasteiger partial charge is 0.286 e. The molecule has 2 amide bonds. The Bertz CT molecular complexity index is 178. The quantitative estimate of drug-likeness (QED) is 0.614. The molecule has 0 spiro atoms. The first-order valence-electron chi connectivity index (χ1n) is 4.86. The van der Waals surface area contributed by atoms with E-state index in [0.717, 1.165) is 25.7 Å². The maximum Gasteiger partial charge on any atom is 0.228 e. The number of nitrogens with zero attached hydrogens (tertiary/aromatic N) is 1. The van der Waals surface area contributed by atoms with Gasteiger partial charge in [-0.2, -0.15) is 0 Å². The first kappa shape index (κ1) is 12.1. The Morgan fingerprint density at radius 2 is 1.77 bits per heavy atom. The lowest BCUT2D eigenvalue weighted by Crippen LogP contribution is -2.30. The van der Waals surface area contributed by atoms with Crippen LogP contribution in [0.25, 0.3) is 0 Å². The van der Waals surface area contributed by atoms with Gasteiger partial charge in [0.05, 0.1) is 0 Å². The molecule has 0 radical (unpaired) electrons. The summed E-state index contributed by atoms with van der Waals surface area (Å²) >= 11 is 0. The number of imide groups is 1. The van der Waals surface area contributed by atoms with Crippen molar-refractivity contribution in [3.05, 3.63) is 0 Å². The Kier molecular flexibility index (Phi) is 6.20. The summed E-state index contributed by atoms with van der Waals surface area (Å²) in [6.45, 7) is 3.54. The van der Waals surface area contributed by atoms with Crippen molar-refractivity contribution in [3.8, 4) is 0 Å². The number of hydrogen-bond donors (Lipinski definition) is 0. The first-order chi connectivity index (χ1) is 6.09. The van der Waals surface area contributed by atoms with Gasteiger partial charge in [-0.05, 0) is 6.42 Å². The molecule has 0 aromatic rings. The lowest BCUT2D eigenvalue weighted by Gasteiger charge is -2.12. The van der Waals surface area contributed by atoms with E-state index in [0.29, 0.717) is 6.42 Å². The molecule has 0 aromatic heterocycles. The molecule has 0 aliphatic heterocycles. The van der Waals surface area contributed by atoms with Crippen LogP contribution in [0.1, 0.15) is 46.0 Å². The Labute approximate surface area is 80.1 Å². The van der Waals surface area contributed by atoms with E-state index in [1.807, 2.05) is 0 Å². The molecule has 0 heterocycles. The molecule has 3 nitrogen and oxygen atoms in total. The highest BCUT2D eigenvalue weighted by atomic mass is 16.2. The van der Waals surface area contributed by atoms with Gasteiger partial charge >= 0.3 is 0 Å². The minimum atomic E-state index is -0.180. The predicted octanol–water partition coefficient (Wildman–Crippen LogP) is 1.96. The summed E-state index contributed by atoms with van der Waals surface area (Å²) in [6, 6.07) is 0. The van der Waals surface area contributed by atoms with Gasteiger partial charge in [0, 0.05) is 20.4 Å². The van der Waals surface area contributed by atoms with E-state index >= 15 is 0 Å². The van der Waals surface area contributed by atoms with Crippen molar-refractivity contribution >= 4 is 11.8 Å². The second-order valence-corrected chi connectivity index (χ2v) is 3.28. The number of amides is 2. The molecular weight excluding hydrogens is 166 g/mol. The van der Waals surface area contributed by atoms with Crippen LogP contribution in [0.4, 0.5) is 0 Å². The highest BCUT2D eigenvalue weighted by molar-refractivity contribution is 5.93. The monoisotopic (exact) mass is 185 g/mol. The van der Waals surface area contributed by atoms with Crippen LogP contribution < -0.4 is 0 Å². The fourth-order valence-corrected chi connectivity index (χ4v) is 1.05. The van der Waals surface area contributed by atoms with Gasteiger partial charge in [0.25, 0.3) is 0 Å². The van der Waals surface area contributed by atoms with Crippen molar-refractivity contribution in [2.45, 2.75) is 46.0 Å². The van der Waals surface area contributed by atoms with Gasteiger partial charge in [-0.25, -0.2) is 0 Å². The highest BCUT2D eigenvalue weighted by Crippen LogP contribution is 2.04. The van der Waals surface area contributed by atoms with Crippen LogP contribution in [-0.4, -0.2) is 23.8 Å². The number of carbonyl (C=O) groups excluding carboxylic acids is 2. The van der Waals surface area contributed by atoms with Crippen LogP contribution in [0.2, 0.25) is 0 Å². The molecule has 0 aliphatic carbocycles. The smallest absolute Gasteiger partial charge is 0.228 e. The van der Waals surface area contributed by atoms with Gasteiger partial charge in [0.2, 0.25) is 11.8 Å². The van der Waals surface area contributed by atoms with Gasteiger partial charge in [-0.3, -0.25) is 14.5 Å². The minimum Gasteiger partial charge on any atom is -0.286 e. The normalized spacial score (nSPS) is 9.77. The third-order valence-electron chi connectivity index (χ3n) is 2.09. The number of carbonyl (C=O) groups is 2. The number of unbranched alkanes of at least 4 members (excludes halogenated alkanes) is 3. The summed E-state index contributed by atoms with van der Waals surface area (Å²) in [5.41, 5.74) is 0. The second-order valence-electron chi connectivity index (χ2n) is 3.28. The van der Waals surface area contributed by atoms with Crippen LogP contribution in [0, 0.1) is 0 Å². The average molecular weight is 185 g/mol. The molecule has 0 aliphatic rings. The zero-order chi connectivity index (χ0) is 10.3. The molecule has 13 heavy (non-hydrogen) atoms. The molecule has 0 atom stereocenters. The molecule has 76 valence electrons. The average Bonchev–Trinajstić information content (AvgIpc) is 2.10. The van der Waals surface area contributed by atoms with Gasteiger partial charge in [-0.15, -0.1) is 0 Å². The van der Waals surface area contributed by atoms with E-state index in [9.17, 15) is 9.59 Å². The SMILES string of the molecule is CCCCCCC(=O)N(C)C(C)=O. The lowest BCUT2D eigenvalue weighted by atomic mass is 10.1. The highest BCUT2D eigenvalue weighted by Gasteiger charge is 2.11. The Hall–Kier alpha value is -0.860.